The second-order valence-corrected chi connectivity index (χ2v) is 11.8. The fourth-order valence-corrected chi connectivity index (χ4v) is 6.14. The van der Waals surface area contributed by atoms with Gasteiger partial charge in [0.1, 0.15) is 11.5 Å². The minimum Gasteiger partial charge on any atom is -0.383 e. The van der Waals surface area contributed by atoms with Crippen LogP contribution in [0, 0.1) is 0 Å². The molecule has 0 radical (unpaired) electrons. The van der Waals surface area contributed by atoms with E-state index in [1.165, 1.54) is 29.2 Å². The summed E-state index contributed by atoms with van der Waals surface area (Å²) < 4.78 is 6.76. The Morgan fingerprint density at radius 2 is 1.85 bits per heavy atom. The van der Waals surface area contributed by atoms with Crippen molar-refractivity contribution in [3.63, 3.8) is 0 Å². The van der Waals surface area contributed by atoms with Gasteiger partial charge in [-0.05, 0) is 66.3 Å². The third kappa shape index (κ3) is 5.65. The molecule has 4 heterocycles. The molecule has 0 unspecified atom stereocenters. The predicted octanol–water partition coefficient (Wildman–Crippen LogP) is 4.43. The van der Waals surface area contributed by atoms with E-state index in [-0.39, 0.29) is 23.1 Å². The lowest BCUT2D eigenvalue weighted by atomic mass is 9.98. The van der Waals surface area contributed by atoms with Gasteiger partial charge in [0.05, 0.1) is 30.0 Å². The number of aldehydes is 1. The molecule has 3 aliphatic rings. The molecule has 2 amide bonds. The maximum atomic E-state index is 13.8. The van der Waals surface area contributed by atoms with E-state index in [1.807, 2.05) is 18.2 Å². The van der Waals surface area contributed by atoms with Crippen LogP contribution in [0.2, 0.25) is 0 Å². The number of nitrogens with one attached hydrogen (secondary N) is 2. The van der Waals surface area contributed by atoms with Crippen molar-refractivity contribution < 1.29 is 19.1 Å². The van der Waals surface area contributed by atoms with Crippen LogP contribution < -0.4 is 21.1 Å². The van der Waals surface area contributed by atoms with Crippen LogP contribution in [0.25, 0.3) is 11.1 Å². The zero-order valence-electron chi connectivity index (χ0n) is 25.5. The molecule has 0 spiro atoms. The molecule has 0 bridgehead atoms. The molecule has 11 heteroatoms. The first-order chi connectivity index (χ1) is 22.4. The summed E-state index contributed by atoms with van der Waals surface area (Å²) in [6.45, 7) is 2.99. The normalized spacial score (nSPS) is 16.3. The summed E-state index contributed by atoms with van der Waals surface area (Å²) in [5, 5.41) is 6.48. The van der Waals surface area contributed by atoms with Crippen molar-refractivity contribution in [1.82, 2.24) is 14.5 Å². The molecule has 2 aliphatic heterocycles. The number of rotatable bonds is 7. The van der Waals surface area contributed by atoms with Crippen LogP contribution in [0.4, 0.5) is 22.9 Å². The summed E-state index contributed by atoms with van der Waals surface area (Å²) in [4.78, 5) is 60.2. The van der Waals surface area contributed by atoms with E-state index in [9.17, 15) is 19.2 Å². The highest BCUT2D eigenvalue weighted by molar-refractivity contribution is 6.13. The lowest BCUT2D eigenvalue weighted by Gasteiger charge is -2.26. The van der Waals surface area contributed by atoms with Crippen LogP contribution in [0.5, 0.6) is 0 Å². The SMILES string of the molecule is Cn1cc(-c2cccc(N3CCNc4cc(C5CC5)ccc4C3=O)c2C=O)cc(Nc2ccc(C(=O)N3CCOCC3)cn2)c1=O. The maximum absolute atomic E-state index is 13.8. The first-order valence-electron chi connectivity index (χ1n) is 15.5. The van der Waals surface area contributed by atoms with Gasteiger partial charge in [-0.25, -0.2) is 4.98 Å². The summed E-state index contributed by atoms with van der Waals surface area (Å²) in [6.07, 6.45) is 6.26. The zero-order chi connectivity index (χ0) is 31.8. The molecule has 46 heavy (non-hydrogen) atoms. The zero-order valence-corrected chi connectivity index (χ0v) is 25.5. The van der Waals surface area contributed by atoms with Crippen LogP contribution in [0.1, 0.15) is 55.4 Å². The minimum atomic E-state index is -0.293. The quantitative estimate of drug-likeness (QED) is 0.292. The van der Waals surface area contributed by atoms with E-state index in [2.05, 4.69) is 21.7 Å². The molecule has 2 aromatic heterocycles. The Bertz CT molecular complexity index is 1890. The Labute approximate surface area is 265 Å². The minimum absolute atomic E-state index is 0.119. The lowest BCUT2D eigenvalue weighted by Crippen LogP contribution is -2.40. The van der Waals surface area contributed by atoms with Crippen molar-refractivity contribution >= 4 is 41.0 Å². The number of pyridine rings is 2. The third-order valence-corrected chi connectivity index (χ3v) is 8.78. The number of fused-ring (bicyclic) bond motifs is 1. The molecular weight excluding hydrogens is 584 g/mol. The summed E-state index contributed by atoms with van der Waals surface area (Å²) in [7, 11) is 1.63. The van der Waals surface area contributed by atoms with Gasteiger partial charge in [-0.2, -0.15) is 0 Å². The van der Waals surface area contributed by atoms with Gasteiger partial charge in [0, 0.05) is 62.4 Å². The van der Waals surface area contributed by atoms with Crippen molar-refractivity contribution in [2.24, 2.45) is 7.05 Å². The Kier molecular flexibility index (Phi) is 7.83. The van der Waals surface area contributed by atoms with Crippen molar-refractivity contribution in [3.8, 4) is 11.1 Å². The van der Waals surface area contributed by atoms with Gasteiger partial charge >= 0.3 is 0 Å². The van der Waals surface area contributed by atoms with Crippen molar-refractivity contribution in [1.29, 1.82) is 0 Å². The Morgan fingerprint density at radius 1 is 1.02 bits per heavy atom. The molecule has 1 saturated heterocycles. The van der Waals surface area contributed by atoms with Crippen LogP contribution in [-0.4, -0.2) is 71.9 Å². The van der Waals surface area contributed by atoms with Crippen molar-refractivity contribution in [2.75, 3.05) is 54.9 Å². The summed E-state index contributed by atoms with van der Waals surface area (Å²) in [6, 6.07) is 16.4. The van der Waals surface area contributed by atoms with Crippen LogP contribution in [-0.2, 0) is 11.8 Å². The van der Waals surface area contributed by atoms with Crippen molar-refractivity contribution in [2.45, 2.75) is 18.8 Å². The van der Waals surface area contributed by atoms with Gasteiger partial charge in [-0.3, -0.25) is 19.2 Å². The van der Waals surface area contributed by atoms with Gasteiger partial charge in [-0.1, -0.05) is 18.2 Å². The number of carbonyl (C=O) groups is 3. The number of hydrogen-bond acceptors (Lipinski definition) is 8. The van der Waals surface area contributed by atoms with Crippen LogP contribution in [0.3, 0.4) is 0 Å². The van der Waals surface area contributed by atoms with Crippen LogP contribution in [0.15, 0.2) is 71.8 Å². The second-order valence-electron chi connectivity index (χ2n) is 11.8. The third-order valence-electron chi connectivity index (χ3n) is 8.78. The Hall–Kier alpha value is -5.29. The molecule has 2 fully saturated rings. The molecule has 2 aromatic carbocycles. The second kappa shape index (κ2) is 12.2. The highest BCUT2D eigenvalue weighted by Crippen LogP contribution is 2.42. The fraction of sp³-hybridized carbons (Fsp3) is 0.286. The lowest BCUT2D eigenvalue weighted by molar-refractivity contribution is 0.0302. The summed E-state index contributed by atoms with van der Waals surface area (Å²) in [5.74, 6) is 0.669. The van der Waals surface area contributed by atoms with Gasteiger partial charge in [0.25, 0.3) is 17.4 Å². The molecular formula is C35H34N6O5. The van der Waals surface area contributed by atoms with Crippen LogP contribution >= 0.6 is 0 Å². The number of ether oxygens (including phenoxy) is 1. The van der Waals surface area contributed by atoms with E-state index in [0.717, 1.165) is 12.0 Å². The Morgan fingerprint density at radius 3 is 2.59 bits per heavy atom. The van der Waals surface area contributed by atoms with Gasteiger partial charge in [0.15, 0.2) is 6.29 Å². The van der Waals surface area contributed by atoms with Crippen molar-refractivity contribution in [3.05, 3.63) is 99.6 Å². The number of nitrogens with zero attached hydrogens (tertiary/aromatic N) is 4. The average molecular weight is 619 g/mol. The largest absolute Gasteiger partial charge is 0.383 e. The number of aromatic nitrogens is 2. The number of morpholine rings is 1. The number of benzene rings is 2. The van der Waals surface area contributed by atoms with E-state index >= 15 is 0 Å². The highest BCUT2D eigenvalue weighted by Gasteiger charge is 2.29. The number of anilines is 4. The topological polar surface area (TPSA) is 126 Å². The molecule has 4 aromatic rings. The number of carbonyl (C=O) groups excluding carboxylic acids is 3. The number of amides is 2. The monoisotopic (exact) mass is 618 g/mol. The van der Waals surface area contributed by atoms with Gasteiger partial charge in [-0.15, -0.1) is 0 Å². The molecule has 0 atom stereocenters. The first-order valence-corrected chi connectivity index (χ1v) is 15.5. The predicted molar refractivity (Wildman–Crippen MR) is 175 cm³/mol. The molecule has 11 nitrogen and oxygen atoms in total. The molecule has 2 N–H and O–H groups in total. The average Bonchev–Trinajstić information content (AvgIpc) is 3.95. The van der Waals surface area contributed by atoms with E-state index in [1.54, 1.807) is 53.4 Å². The summed E-state index contributed by atoms with van der Waals surface area (Å²) in [5.41, 5.74) is 5.09. The van der Waals surface area contributed by atoms with E-state index in [4.69, 9.17) is 4.74 Å². The first kappa shape index (κ1) is 29.4. The number of aryl methyl sites for hydroxylation is 1. The van der Waals surface area contributed by atoms with Gasteiger partial charge in [0.2, 0.25) is 0 Å². The summed E-state index contributed by atoms with van der Waals surface area (Å²) >= 11 is 0. The molecule has 7 rings (SSSR count). The maximum Gasteiger partial charge on any atom is 0.274 e. The van der Waals surface area contributed by atoms with Gasteiger partial charge < -0.3 is 29.7 Å². The molecule has 234 valence electrons. The highest BCUT2D eigenvalue weighted by atomic mass is 16.5. The Balaban J connectivity index is 1.18. The van der Waals surface area contributed by atoms with E-state index in [0.29, 0.717) is 84.6 Å². The smallest absolute Gasteiger partial charge is 0.274 e. The molecule has 1 aliphatic carbocycles. The standard InChI is InChI=1S/C35H34N6O5/c1-39-20-25(18-30(35(39)45)38-32-10-8-24(19-37-32)33(43)40-13-15-46-16-14-40)26-3-2-4-31(28(26)21-42)41-12-11-36-29-17-23(22-5-6-22)7-9-27(29)34(41)44/h2-4,7-10,17-22,36H,5-6,11-16H2,1H3,(H,37,38). The number of hydrogen-bond donors (Lipinski definition) is 2. The molecule has 1 saturated carbocycles. The van der Waals surface area contributed by atoms with E-state index < -0.39 is 0 Å². The fourth-order valence-electron chi connectivity index (χ4n) is 6.14.